The zero-order valence-corrected chi connectivity index (χ0v) is 15.6. The van der Waals surface area contributed by atoms with Gasteiger partial charge in [-0.3, -0.25) is 4.79 Å². The van der Waals surface area contributed by atoms with Crippen LogP contribution in [0, 0.1) is 0 Å². The molecule has 7 nitrogen and oxygen atoms in total. The predicted octanol–water partition coefficient (Wildman–Crippen LogP) is 2.27. The van der Waals surface area contributed by atoms with Gasteiger partial charge in [0.25, 0.3) is 5.91 Å². The molecular formula is C21H24N6O. The average Bonchev–Trinajstić information content (AvgIpc) is 2.74. The Bertz CT molecular complexity index is 980. The molecule has 7 heteroatoms. The number of anilines is 2. The van der Waals surface area contributed by atoms with Crippen LogP contribution in [-0.4, -0.2) is 35.0 Å². The van der Waals surface area contributed by atoms with Crippen LogP contribution in [-0.2, 0) is 6.54 Å². The topological polar surface area (TPSA) is 110 Å². The van der Waals surface area contributed by atoms with E-state index in [1.807, 2.05) is 36.4 Å². The maximum atomic E-state index is 12.6. The summed E-state index contributed by atoms with van der Waals surface area (Å²) in [6.07, 6.45) is 3.46. The Hall–Kier alpha value is -3.03. The minimum Gasteiger partial charge on any atom is -0.356 e. The first-order valence-corrected chi connectivity index (χ1v) is 9.49. The Morgan fingerprint density at radius 1 is 1.11 bits per heavy atom. The highest BCUT2D eigenvalue weighted by atomic mass is 16.1. The molecule has 144 valence electrons. The minimum absolute atomic E-state index is 0.175. The summed E-state index contributed by atoms with van der Waals surface area (Å²) in [5.74, 6) is 0.729. The number of carbonyl (C=O) groups excluding carboxylic acids is 1. The van der Waals surface area contributed by atoms with Crippen molar-refractivity contribution in [3.63, 3.8) is 0 Å². The molecule has 2 heterocycles. The second-order valence-electron chi connectivity index (χ2n) is 7.11. The second kappa shape index (κ2) is 7.92. The van der Waals surface area contributed by atoms with Gasteiger partial charge in [-0.1, -0.05) is 12.1 Å². The van der Waals surface area contributed by atoms with Crippen molar-refractivity contribution >= 4 is 28.3 Å². The van der Waals surface area contributed by atoms with Crippen LogP contribution in [0.4, 0.5) is 11.5 Å². The number of nitrogens with two attached hydrogens (primary N) is 2. The highest BCUT2D eigenvalue weighted by Crippen LogP contribution is 2.26. The fraction of sp³-hybridized carbons (Fsp3) is 0.286. The van der Waals surface area contributed by atoms with Gasteiger partial charge in [0, 0.05) is 42.3 Å². The lowest BCUT2D eigenvalue weighted by molar-refractivity contribution is 0.102. The third kappa shape index (κ3) is 3.81. The van der Waals surface area contributed by atoms with Crippen LogP contribution in [0.15, 0.2) is 48.8 Å². The lowest BCUT2D eigenvalue weighted by Gasteiger charge is -2.31. The molecule has 1 aliphatic heterocycles. The van der Waals surface area contributed by atoms with Gasteiger partial charge < -0.3 is 21.7 Å². The summed E-state index contributed by atoms with van der Waals surface area (Å²) >= 11 is 0. The molecule has 0 aliphatic carbocycles. The number of nitrogens with zero attached hydrogens (tertiary/aromatic N) is 3. The van der Waals surface area contributed by atoms with Gasteiger partial charge in [0.2, 0.25) is 0 Å². The number of piperidine rings is 1. The maximum absolute atomic E-state index is 12.6. The standard InChI is InChI=1S/C21H24N6O/c22-12-14-1-4-17(5-2-14)26-21(28)15-3-6-18-19(11-15)24-13-25-20(18)27-9-7-16(23)8-10-27/h1-6,11,13,16H,7-10,12,22-23H2,(H,26,28). The molecular weight excluding hydrogens is 352 g/mol. The molecule has 1 fully saturated rings. The Kier molecular flexibility index (Phi) is 5.18. The summed E-state index contributed by atoms with van der Waals surface area (Å²) in [6.45, 7) is 2.24. The predicted molar refractivity (Wildman–Crippen MR) is 111 cm³/mol. The van der Waals surface area contributed by atoms with Gasteiger partial charge in [-0.15, -0.1) is 0 Å². The average molecular weight is 376 g/mol. The number of hydrogen-bond acceptors (Lipinski definition) is 6. The van der Waals surface area contributed by atoms with E-state index in [4.69, 9.17) is 11.5 Å². The van der Waals surface area contributed by atoms with Gasteiger partial charge in [-0.05, 0) is 48.7 Å². The highest BCUT2D eigenvalue weighted by molar-refractivity contribution is 6.06. The van der Waals surface area contributed by atoms with Gasteiger partial charge in [-0.2, -0.15) is 0 Å². The Morgan fingerprint density at radius 2 is 1.86 bits per heavy atom. The molecule has 1 saturated heterocycles. The smallest absolute Gasteiger partial charge is 0.255 e. The van der Waals surface area contributed by atoms with E-state index in [0.29, 0.717) is 12.1 Å². The first-order valence-electron chi connectivity index (χ1n) is 9.49. The maximum Gasteiger partial charge on any atom is 0.255 e. The van der Waals surface area contributed by atoms with E-state index < -0.39 is 0 Å². The van der Waals surface area contributed by atoms with E-state index >= 15 is 0 Å². The molecule has 0 unspecified atom stereocenters. The van der Waals surface area contributed by atoms with Crippen LogP contribution in [0.25, 0.3) is 10.9 Å². The summed E-state index contributed by atoms with van der Waals surface area (Å²) in [6, 6.07) is 13.3. The summed E-state index contributed by atoms with van der Waals surface area (Å²) in [4.78, 5) is 23.7. The van der Waals surface area contributed by atoms with Crippen molar-refractivity contribution < 1.29 is 4.79 Å². The number of rotatable bonds is 4. The number of carbonyl (C=O) groups is 1. The molecule has 0 atom stereocenters. The van der Waals surface area contributed by atoms with Gasteiger partial charge in [0.05, 0.1) is 5.52 Å². The molecule has 2 aromatic carbocycles. The van der Waals surface area contributed by atoms with Gasteiger partial charge in [0.1, 0.15) is 12.1 Å². The lowest BCUT2D eigenvalue weighted by Crippen LogP contribution is -2.40. The van der Waals surface area contributed by atoms with Crippen LogP contribution in [0.1, 0.15) is 28.8 Å². The molecule has 1 amide bonds. The lowest BCUT2D eigenvalue weighted by atomic mass is 10.1. The zero-order valence-electron chi connectivity index (χ0n) is 15.6. The quantitative estimate of drug-likeness (QED) is 0.644. The molecule has 3 aromatic rings. The molecule has 0 radical (unpaired) electrons. The largest absolute Gasteiger partial charge is 0.356 e. The third-order valence-electron chi connectivity index (χ3n) is 5.16. The van der Waals surface area contributed by atoms with Crippen molar-refractivity contribution in [2.45, 2.75) is 25.4 Å². The molecule has 5 N–H and O–H groups in total. The van der Waals surface area contributed by atoms with Crippen molar-refractivity contribution in [2.24, 2.45) is 11.5 Å². The molecule has 4 rings (SSSR count). The van der Waals surface area contributed by atoms with Crippen molar-refractivity contribution in [1.29, 1.82) is 0 Å². The normalized spacial score (nSPS) is 15.0. The van der Waals surface area contributed by atoms with Crippen LogP contribution >= 0.6 is 0 Å². The SMILES string of the molecule is NCc1ccc(NC(=O)c2ccc3c(N4CCC(N)CC4)ncnc3c2)cc1. The van der Waals surface area contributed by atoms with E-state index in [0.717, 1.165) is 53.9 Å². The fourth-order valence-corrected chi connectivity index (χ4v) is 3.47. The van der Waals surface area contributed by atoms with Crippen LogP contribution in [0.2, 0.25) is 0 Å². The number of aromatic nitrogens is 2. The minimum atomic E-state index is -0.175. The van der Waals surface area contributed by atoms with E-state index in [1.165, 1.54) is 0 Å². The number of fused-ring (bicyclic) bond motifs is 1. The summed E-state index contributed by atoms with van der Waals surface area (Å²) in [5, 5.41) is 3.86. The third-order valence-corrected chi connectivity index (χ3v) is 5.16. The van der Waals surface area contributed by atoms with Crippen molar-refractivity contribution in [3.8, 4) is 0 Å². The summed E-state index contributed by atoms with van der Waals surface area (Å²) in [7, 11) is 0. The summed E-state index contributed by atoms with van der Waals surface area (Å²) in [5.41, 5.74) is 14.7. The first kappa shape index (κ1) is 18.3. The summed E-state index contributed by atoms with van der Waals surface area (Å²) < 4.78 is 0. The molecule has 0 bridgehead atoms. The van der Waals surface area contributed by atoms with Gasteiger partial charge in [-0.25, -0.2) is 9.97 Å². The number of benzene rings is 2. The van der Waals surface area contributed by atoms with Crippen LogP contribution in [0.5, 0.6) is 0 Å². The monoisotopic (exact) mass is 376 g/mol. The van der Waals surface area contributed by atoms with Crippen LogP contribution in [0.3, 0.4) is 0 Å². The number of nitrogens with one attached hydrogen (secondary N) is 1. The second-order valence-corrected chi connectivity index (χ2v) is 7.11. The van der Waals surface area contributed by atoms with E-state index in [1.54, 1.807) is 12.4 Å². The molecule has 0 spiro atoms. The molecule has 1 aromatic heterocycles. The van der Waals surface area contributed by atoms with Gasteiger partial charge >= 0.3 is 0 Å². The number of hydrogen-bond donors (Lipinski definition) is 3. The highest BCUT2D eigenvalue weighted by Gasteiger charge is 2.19. The van der Waals surface area contributed by atoms with Crippen molar-refractivity contribution in [3.05, 3.63) is 59.9 Å². The first-order chi connectivity index (χ1) is 13.6. The number of amides is 1. The molecule has 0 saturated carbocycles. The molecule has 1 aliphatic rings. The Morgan fingerprint density at radius 3 is 2.57 bits per heavy atom. The van der Waals surface area contributed by atoms with Crippen LogP contribution < -0.4 is 21.7 Å². The van der Waals surface area contributed by atoms with Gasteiger partial charge in [0.15, 0.2) is 0 Å². The Labute approximate surface area is 163 Å². The van der Waals surface area contributed by atoms with Crippen molar-refractivity contribution in [1.82, 2.24) is 9.97 Å². The van der Waals surface area contributed by atoms with E-state index in [2.05, 4.69) is 20.2 Å². The zero-order chi connectivity index (χ0) is 19.5. The fourth-order valence-electron chi connectivity index (χ4n) is 3.47. The Balaban J connectivity index is 1.56. The van der Waals surface area contributed by atoms with Crippen molar-refractivity contribution in [2.75, 3.05) is 23.3 Å². The van der Waals surface area contributed by atoms with E-state index in [9.17, 15) is 4.79 Å². The molecule has 28 heavy (non-hydrogen) atoms. The van der Waals surface area contributed by atoms with E-state index in [-0.39, 0.29) is 11.9 Å².